The van der Waals surface area contributed by atoms with Crippen molar-refractivity contribution in [2.24, 2.45) is 11.8 Å². The number of likely N-dealkylation sites (tertiary alicyclic amines) is 1. The maximum atomic E-state index is 13.1. The van der Waals surface area contributed by atoms with E-state index in [1.165, 1.54) is 18.0 Å². The van der Waals surface area contributed by atoms with Gasteiger partial charge in [0.15, 0.2) is 5.16 Å². The number of aromatic amines is 1. The molecular formula is C17H23N3O5S. The number of hydrogen-bond donors (Lipinski definition) is 2. The Morgan fingerprint density at radius 3 is 3.00 bits per heavy atom. The Balaban J connectivity index is 1.67. The largest absolute Gasteiger partial charge is 0.389 e. The molecule has 1 amide bonds. The Bertz CT molecular complexity index is 756. The lowest BCUT2D eigenvalue weighted by molar-refractivity contribution is -0.212. The molecule has 1 aromatic heterocycles. The molecule has 0 spiro atoms. The van der Waals surface area contributed by atoms with E-state index < -0.39 is 11.2 Å². The number of aliphatic hydroxyl groups is 1. The molecule has 3 aliphatic heterocycles. The van der Waals surface area contributed by atoms with Crippen LogP contribution in [0.1, 0.15) is 23.2 Å². The fourth-order valence-corrected chi connectivity index (χ4v) is 4.83. The molecule has 3 saturated heterocycles. The summed E-state index contributed by atoms with van der Waals surface area (Å²) in [6.07, 6.45) is 4.36. The lowest BCUT2D eigenvalue weighted by Gasteiger charge is -2.57. The molecular weight excluding hydrogens is 358 g/mol. The fraction of sp³-hybridized carbons (Fsp3) is 0.706. The number of rotatable bonds is 2. The lowest BCUT2D eigenvalue weighted by Crippen LogP contribution is -2.69. The van der Waals surface area contributed by atoms with Gasteiger partial charge in [0.2, 0.25) is 0 Å². The van der Waals surface area contributed by atoms with Crippen LogP contribution in [0.4, 0.5) is 0 Å². The lowest BCUT2D eigenvalue weighted by atomic mass is 9.66. The van der Waals surface area contributed by atoms with E-state index in [9.17, 15) is 14.7 Å². The molecule has 8 nitrogen and oxygen atoms in total. The molecule has 9 heteroatoms. The number of aromatic nitrogens is 2. The van der Waals surface area contributed by atoms with Gasteiger partial charge in [-0.3, -0.25) is 9.59 Å². The van der Waals surface area contributed by atoms with Crippen molar-refractivity contribution in [2.45, 2.75) is 29.6 Å². The molecule has 26 heavy (non-hydrogen) atoms. The third-order valence-electron chi connectivity index (χ3n) is 5.91. The first-order valence-corrected chi connectivity index (χ1v) is 10.1. The second-order valence-corrected chi connectivity index (χ2v) is 7.94. The van der Waals surface area contributed by atoms with Gasteiger partial charge >= 0.3 is 0 Å². The molecule has 4 atom stereocenters. The van der Waals surface area contributed by atoms with Crippen molar-refractivity contribution < 1.29 is 19.4 Å². The molecule has 142 valence electrons. The Kier molecular flexibility index (Phi) is 4.81. The van der Waals surface area contributed by atoms with Gasteiger partial charge in [0.1, 0.15) is 5.56 Å². The molecule has 0 unspecified atom stereocenters. The predicted molar refractivity (Wildman–Crippen MR) is 94.3 cm³/mol. The molecule has 2 N–H and O–H groups in total. The summed E-state index contributed by atoms with van der Waals surface area (Å²) in [5, 5.41) is 11.8. The van der Waals surface area contributed by atoms with Crippen LogP contribution in [-0.2, 0) is 9.47 Å². The van der Waals surface area contributed by atoms with Crippen LogP contribution >= 0.6 is 11.8 Å². The van der Waals surface area contributed by atoms with Crippen LogP contribution in [0.2, 0.25) is 0 Å². The molecule has 3 fully saturated rings. The van der Waals surface area contributed by atoms with E-state index in [1.54, 1.807) is 11.2 Å². The zero-order valence-corrected chi connectivity index (χ0v) is 15.5. The van der Waals surface area contributed by atoms with Crippen molar-refractivity contribution in [3.8, 4) is 0 Å². The van der Waals surface area contributed by atoms with Crippen molar-refractivity contribution in [3.05, 3.63) is 22.1 Å². The average Bonchev–Trinajstić information content (AvgIpc) is 2.67. The monoisotopic (exact) mass is 381 g/mol. The van der Waals surface area contributed by atoms with Crippen LogP contribution in [0.5, 0.6) is 0 Å². The van der Waals surface area contributed by atoms with Crippen molar-refractivity contribution in [2.75, 3.05) is 39.2 Å². The Hall–Kier alpha value is -1.42. The number of H-pyrrole nitrogens is 1. The third kappa shape index (κ3) is 2.87. The summed E-state index contributed by atoms with van der Waals surface area (Å²) >= 11 is 1.31. The van der Waals surface area contributed by atoms with Gasteiger partial charge in [-0.05, 0) is 12.7 Å². The molecule has 4 heterocycles. The average molecular weight is 381 g/mol. The second-order valence-electron chi connectivity index (χ2n) is 7.14. The van der Waals surface area contributed by atoms with Gasteiger partial charge in [-0.15, -0.1) is 0 Å². The van der Waals surface area contributed by atoms with Gasteiger partial charge in [-0.1, -0.05) is 11.8 Å². The van der Waals surface area contributed by atoms with E-state index in [2.05, 4.69) is 9.97 Å². The SMILES string of the molecule is CSc1ncc(C(=O)N2C[C@H]3COCC[C@@]3(O)[C@@H]3COCC[C@@H]32)c(=O)[nH]1. The quantitative estimate of drug-likeness (QED) is 0.554. The molecule has 0 aromatic carbocycles. The fourth-order valence-electron chi connectivity index (χ4n) is 4.48. The number of ether oxygens (including phenoxy) is 2. The van der Waals surface area contributed by atoms with Crippen LogP contribution < -0.4 is 5.56 Å². The van der Waals surface area contributed by atoms with Crippen LogP contribution in [0, 0.1) is 11.8 Å². The van der Waals surface area contributed by atoms with Gasteiger partial charge in [-0.25, -0.2) is 4.98 Å². The number of amides is 1. The second kappa shape index (κ2) is 6.95. The van der Waals surface area contributed by atoms with Crippen LogP contribution in [0.3, 0.4) is 0 Å². The number of piperidine rings is 1. The summed E-state index contributed by atoms with van der Waals surface area (Å²) in [5.74, 6) is -0.683. The first kappa shape index (κ1) is 18.0. The Morgan fingerprint density at radius 1 is 1.42 bits per heavy atom. The predicted octanol–water partition coefficient (Wildman–Crippen LogP) is 0.120. The summed E-state index contributed by atoms with van der Waals surface area (Å²) < 4.78 is 11.2. The van der Waals surface area contributed by atoms with Gasteiger partial charge in [0.25, 0.3) is 11.5 Å². The highest BCUT2D eigenvalue weighted by Gasteiger charge is 2.56. The van der Waals surface area contributed by atoms with E-state index >= 15 is 0 Å². The minimum Gasteiger partial charge on any atom is -0.389 e. The zero-order valence-electron chi connectivity index (χ0n) is 14.6. The third-order valence-corrected chi connectivity index (χ3v) is 6.51. The normalized spacial score (nSPS) is 34.1. The maximum Gasteiger partial charge on any atom is 0.264 e. The molecule has 0 radical (unpaired) electrons. The number of carbonyl (C=O) groups is 1. The first-order chi connectivity index (χ1) is 12.5. The summed E-state index contributed by atoms with van der Waals surface area (Å²) in [5.41, 5.74) is -1.28. The highest BCUT2D eigenvalue weighted by atomic mass is 32.2. The highest BCUT2D eigenvalue weighted by molar-refractivity contribution is 7.98. The van der Waals surface area contributed by atoms with Crippen LogP contribution in [0.15, 0.2) is 16.1 Å². The number of nitrogens with zero attached hydrogens (tertiary/aromatic N) is 2. The van der Waals surface area contributed by atoms with Gasteiger partial charge in [-0.2, -0.15) is 0 Å². The number of hydrogen-bond acceptors (Lipinski definition) is 7. The van der Waals surface area contributed by atoms with E-state index in [0.29, 0.717) is 51.0 Å². The smallest absolute Gasteiger partial charge is 0.264 e. The van der Waals surface area contributed by atoms with Crippen molar-refractivity contribution >= 4 is 17.7 Å². The van der Waals surface area contributed by atoms with Crippen LogP contribution in [-0.4, -0.2) is 76.8 Å². The summed E-state index contributed by atoms with van der Waals surface area (Å²) in [4.78, 5) is 34.0. The molecule has 4 rings (SSSR count). The zero-order chi connectivity index (χ0) is 18.3. The van der Waals surface area contributed by atoms with E-state index in [1.807, 2.05) is 0 Å². The van der Waals surface area contributed by atoms with E-state index in [4.69, 9.17) is 9.47 Å². The van der Waals surface area contributed by atoms with Crippen LogP contribution in [0.25, 0.3) is 0 Å². The number of thioether (sulfide) groups is 1. The van der Waals surface area contributed by atoms with Gasteiger partial charge < -0.3 is 24.5 Å². The maximum absolute atomic E-state index is 13.1. The van der Waals surface area contributed by atoms with E-state index in [-0.39, 0.29) is 29.3 Å². The van der Waals surface area contributed by atoms with Crippen molar-refractivity contribution in [1.29, 1.82) is 0 Å². The topological polar surface area (TPSA) is 105 Å². The highest BCUT2D eigenvalue weighted by Crippen LogP contribution is 2.44. The minimum atomic E-state index is -0.881. The molecule has 0 aliphatic carbocycles. The standard InChI is InChI=1S/C17H23N3O5S/c1-26-16-18-6-11(14(21)19-16)15(22)20-7-10-8-25-5-3-17(10,23)12-9-24-4-2-13(12)20/h6,10,12-13,23H,2-5,7-9H2,1H3,(H,18,19,21)/t10-,12+,13-,17-/m0/s1. The summed E-state index contributed by atoms with van der Waals surface area (Å²) in [6, 6.07) is -0.143. The molecule has 1 aromatic rings. The minimum absolute atomic E-state index is 0.0372. The molecule has 3 aliphatic rings. The van der Waals surface area contributed by atoms with Gasteiger partial charge in [0, 0.05) is 50.3 Å². The van der Waals surface area contributed by atoms with E-state index in [0.717, 1.165) is 0 Å². The Morgan fingerprint density at radius 2 is 2.23 bits per heavy atom. The van der Waals surface area contributed by atoms with Crippen molar-refractivity contribution in [3.63, 3.8) is 0 Å². The summed E-state index contributed by atoms with van der Waals surface area (Å²) in [6.45, 7) is 2.26. The summed E-state index contributed by atoms with van der Waals surface area (Å²) in [7, 11) is 0. The number of fused-ring (bicyclic) bond motifs is 3. The molecule has 0 bridgehead atoms. The number of carbonyl (C=O) groups excluding carboxylic acids is 1. The first-order valence-electron chi connectivity index (χ1n) is 8.86. The Labute approximate surface area is 155 Å². The molecule has 0 saturated carbocycles. The number of nitrogens with one attached hydrogen (secondary N) is 1. The van der Waals surface area contributed by atoms with Crippen molar-refractivity contribution in [1.82, 2.24) is 14.9 Å². The van der Waals surface area contributed by atoms with Gasteiger partial charge in [0.05, 0.1) is 18.8 Å².